The molecule has 7 heteroatoms. The standard InChI is InChI=1S/C33H38N2O5/c1-4-5-6-7-22(2)21-39-26-11-8-23(9-12-26)32-31-28(29-20-24(36)10-17-30(29)34-31)18-19-35(32)33(37)40-27-15-13-25(38-3)14-16-27/h8-17,20,22,32,34,36H,4-7,18-19,21H2,1-3H3. The SMILES string of the molecule is CCCCCC(C)COc1ccc(C2c3[nH]c4ccc(O)cc4c3CCN2C(=O)Oc2ccc(OC)cc2)cc1. The van der Waals surface area contributed by atoms with Crippen LogP contribution in [0.1, 0.15) is 62.4 Å². The third kappa shape index (κ3) is 6.03. The van der Waals surface area contributed by atoms with E-state index in [-0.39, 0.29) is 11.8 Å². The lowest BCUT2D eigenvalue weighted by Gasteiger charge is -2.35. The molecule has 4 aromatic rings. The summed E-state index contributed by atoms with van der Waals surface area (Å²) in [7, 11) is 1.60. The maximum Gasteiger partial charge on any atom is 0.416 e. The van der Waals surface area contributed by atoms with Gasteiger partial charge in [-0.2, -0.15) is 0 Å². The first kappa shape index (κ1) is 27.4. The Morgan fingerprint density at radius 1 is 1.02 bits per heavy atom. The minimum atomic E-state index is -0.427. The number of H-pyrrole nitrogens is 1. The molecule has 40 heavy (non-hydrogen) atoms. The lowest BCUT2D eigenvalue weighted by molar-refractivity contribution is 0.135. The number of aromatic amines is 1. The molecule has 0 fully saturated rings. The van der Waals surface area contributed by atoms with Crippen molar-refractivity contribution in [3.8, 4) is 23.0 Å². The number of aromatic nitrogens is 1. The van der Waals surface area contributed by atoms with Gasteiger partial charge in [0.2, 0.25) is 0 Å². The van der Waals surface area contributed by atoms with Gasteiger partial charge in [-0.05, 0) is 84.5 Å². The highest BCUT2D eigenvalue weighted by Crippen LogP contribution is 2.40. The molecule has 1 aliphatic rings. The van der Waals surface area contributed by atoms with Crippen molar-refractivity contribution in [3.05, 3.63) is 83.6 Å². The molecule has 0 aliphatic carbocycles. The number of carbonyl (C=O) groups is 1. The highest BCUT2D eigenvalue weighted by atomic mass is 16.6. The fraction of sp³-hybridized carbons (Fsp3) is 0.364. The zero-order valence-corrected chi connectivity index (χ0v) is 23.5. The van der Waals surface area contributed by atoms with Gasteiger partial charge in [-0.3, -0.25) is 4.90 Å². The number of methoxy groups -OCH3 is 1. The smallest absolute Gasteiger partial charge is 0.416 e. The van der Waals surface area contributed by atoms with Crippen LogP contribution in [0.2, 0.25) is 0 Å². The fourth-order valence-corrected chi connectivity index (χ4v) is 5.43. The Balaban J connectivity index is 1.40. The van der Waals surface area contributed by atoms with E-state index in [9.17, 15) is 9.90 Å². The van der Waals surface area contributed by atoms with E-state index >= 15 is 0 Å². The molecule has 0 bridgehead atoms. The minimum Gasteiger partial charge on any atom is -0.508 e. The molecule has 3 aromatic carbocycles. The Kier molecular flexibility index (Phi) is 8.48. The number of carbonyl (C=O) groups excluding carboxylic acids is 1. The predicted molar refractivity (Wildman–Crippen MR) is 156 cm³/mol. The first-order valence-corrected chi connectivity index (χ1v) is 14.2. The molecule has 0 saturated heterocycles. The third-order valence-electron chi connectivity index (χ3n) is 7.64. The van der Waals surface area contributed by atoms with E-state index in [0.717, 1.165) is 39.9 Å². The van der Waals surface area contributed by atoms with Crippen molar-refractivity contribution >= 4 is 17.0 Å². The van der Waals surface area contributed by atoms with Gasteiger partial charge in [-0.15, -0.1) is 0 Å². The molecule has 0 radical (unpaired) electrons. The summed E-state index contributed by atoms with van der Waals surface area (Å²) in [5.74, 6) is 2.68. The number of rotatable bonds is 10. The van der Waals surface area contributed by atoms with E-state index in [0.29, 0.717) is 37.0 Å². The van der Waals surface area contributed by atoms with Crippen molar-refractivity contribution in [1.82, 2.24) is 9.88 Å². The first-order valence-electron chi connectivity index (χ1n) is 14.2. The molecular weight excluding hydrogens is 504 g/mol. The Morgan fingerprint density at radius 3 is 2.48 bits per heavy atom. The van der Waals surface area contributed by atoms with Crippen LogP contribution >= 0.6 is 0 Å². The van der Waals surface area contributed by atoms with E-state index in [1.165, 1.54) is 19.3 Å². The molecule has 2 heterocycles. The molecule has 1 amide bonds. The van der Waals surface area contributed by atoms with E-state index in [1.54, 1.807) is 48.4 Å². The number of phenolic OH excluding ortho intramolecular Hbond substituents is 1. The normalized spacial score (nSPS) is 15.5. The summed E-state index contributed by atoms with van der Waals surface area (Å²) in [5, 5.41) is 11.1. The predicted octanol–water partition coefficient (Wildman–Crippen LogP) is 7.62. The van der Waals surface area contributed by atoms with Crippen LogP contribution in [0, 0.1) is 5.92 Å². The lowest BCUT2D eigenvalue weighted by Crippen LogP contribution is -2.42. The van der Waals surface area contributed by atoms with Crippen molar-refractivity contribution in [2.75, 3.05) is 20.3 Å². The van der Waals surface area contributed by atoms with Crippen LogP contribution in [0.5, 0.6) is 23.0 Å². The quantitative estimate of drug-likeness (QED) is 0.201. The monoisotopic (exact) mass is 542 g/mol. The van der Waals surface area contributed by atoms with Crippen LogP contribution in [-0.2, 0) is 6.42 Å². The summed E-state index contributed by atoms with van der Waals surface area (Å²) in [6.45, 7) is 5.61. The second kappa shape index (κ2) is 12.4. The van der Waals surface area contributed by atoms with Crippen molar-refractivity contribution in [2.24, 2.45) is 5.92 Å². The number of ether oxygens (including phenoxy) is 3. The first-order chi connectivity index (χ1) is 19.5. The largest absolute Gasteiger partial charge is 0.508 e. The maximum absolute atomic E-state index is 13.5. The number of hydrogen-bond acceptors (Lipinski definition) is 5. The highest BCUT2D eigenvalue weighted by Gasteiger charge is 2.35. The average Bonchev–Trinajstić information content (AvgIpc) is 3.34. The van der Waals surface area contributed by atoms with Crippen LogP contribution in [0.25, 0.3) is 10.9 Å². The fourth-order valence-electron chi connectivity index (χ4n) is 5.43. The average molecular weight is 543 g/mol. The van der Waals surface area contributed by atoms with Gasteiger partial charge in [0.05, 0.1) is 13.7 Å². The molecule has 0 saturated carbocycles. The summed E-state index contributed by atoms with van der Waals surface area (Å²) < 4.78 is 17.1. The Labute approximate surface area is 235 Å². The Morgan fingerprint density at radius 2 is 1.75 bits per heavy atom. The van der Waals surface area contributed by atoms with Gasteiger partial charge in [-0.1, -0.05) is 45.2 Å². The summed E-state index contributed by atoms with van der Waals surface area (Å²) in [6.07, 6.45) is 5.09. The van der Waals surface area contributed by atoms with Crippen LogP contribution in [-0.4, -0.2) is 41.3 Å². The zero-order valence-electron chi connectivity index (χ0n) is 23.5. The second-order valence-electron chi connectivity index (χ2n) is 10.6. The van der Waals surface area contributed by atoms with Gasteiger partial charge < -0.3 is 24.3 Å². The number of nitrogens with one attached hydrogen (secondary N) is 1. The number of amides is 1. The summed E-state index contributed by atoms with van der Waals surface area (Å²) in [6, 6.07) is 19.9. The van der Waals surface area contributed by atoms with E-state index < -0.39 is 6.09 Å². The van der Waals surface area contributed by atoms with Gasteiger partial charge in [0, 0.05) is 23.1 Å². The van der Waals surface area contributed by atoms with Crippen molar-refractivity contribution < 1.29 is 24.1 Å². The van der Waals surface area contributed by atoms with Crippen LogP contribution < -0.4 is 14.2 Å². The molecule has 2 atom stereocenters. The Hall–Kier alpha value is -4.13. The second-order valence-corrected chi connectivity index (χ2v) is 10.6. The molecule has 0 spiro atoms. The van der Waals surface area contributed by atoms with Crippen molar-refractivity contribution in [1.29, 1.82) is 0 Å². The molecular formula is C33H38N2O5. The van der Waals surface area contributed by atoms with E-state index in [2.05, 4.69) is 18.8 Å². The van der Waals surface area contributed by atoms with Gasteiger partial charge in [0.15, 0.2) is 0 Å². The third-order valence-corrected chi connectivity index (χ3v) is 7.64. The molecule has 1 aromatic heterocycles. The van der Waals surface area contributed by atoms with Gasteiger partial charge in [-0.25, -0.2) is 4.79 Å². The molecule has 210 valence electrons. The molecule has 7 nitrogen and oxygen atoms in total. The minimum absolute atomic E-state index is 0.220. The number of unbranched alkanes of at least 4 members (excludes halogenated alkanes) is 2. The lowest BCUT2D eigenvalue weighted by atomic mass is 9.92. The van der Waals surface area contributed by atoms with Crippen LogP contribution in [0.3, 0.4) is 0 Å². The number of benzene rings is 3. The molecule has 5 rings (SSSR count). The molecule has 1 aliphatic heterocycles. The molecule has 2 unspecified atom stereocenters. The number of hydrogen-bond donors (Lipinski definition) is 2. The number of aromatic hydroxyl groups is 1. The highest BCUT2D eigenvalue weighted by molar-refractivity contribution is 5.87. The van der Waals surface area contributed by atoms with Crippen LogP contribution in [0.4, 0.5) is 4.79 Å². The van der Waals surface area contributed by atoms with Crippen molar-refractivity contribution in [2.45, 2.75) is 52.0 Å². The summed E-state index contributed by atoms with van der Waals surface area (Å²) in [4.78, 5) is 18.8. The Bertz CT molecular complexity index is 1430. The zero-order chi connectivity index (χ0) is 28.1. The van der Waals surface area contributed by atoms with E-state index in [1.807, 2.05) is 30.3 Å². The van der Waals surface area contributed by atoms with E-state index in [4.69, 9.17) is 14.2 Å². The maximum atomic E-state index is 13.5. The topological polar surface area (TPSA) is 84.0 Å². The molecule has 2 N–H and O–H groups in total. The van der Waals surface area contributed by atoms with Gasteiger partial charge in [0.1, 0.15) is 29.0 Å². The number of nitrogens with zero attached hydrogens (tertiary/aromatic N) is 1. The van der Waals surface area contributed by atoms with Crippen LogP contribution in [0.15, 0.2) is 66.7 Å². The number of fused-ring (bicyclic) bond motifs is 3. The van der Waals surface area contributed by atoms with Gasteiger partial charge in [0.25, 0.3) is 0 Å². The summed E-state index contributed by atoms with van der Waals surface area (Å²) >= 11 is 0. The van der Waals surface area contributed by atoms with Gasteiger partial charge >= 0.3 is 6.09 Å². The van der Waals surface area contributed by atoms with Crippen molar-refractivity contribution in [3.63, 3.8) is 0 Å². The number of phenols is 1. The summed E-state index contributed by atoms with van der Waals surface area (Å²) in [5.41, 5.74) is 3.91.